The third-order valence-corrected chi connectivity index (χ3v) is 10.3. The highest BCUT2D eigenvalue weighted by molar-refractivity contribution is 7.92. The molecule has 2 aliphatic rings. The maximum absolute atomic E-state index is 13.4. The van der Waals surface area contributed by atoms with E-state index in [1.54, 1.807) is 49.1 Å². The number of sulfonamides is 1. The standard InChI is InChI=1S/C23H28N2O5S2/c1-17(2)31(27,28)22-9-5-4-8-20(22)23(26)25-15-12-18-16-19(10-11-21(18)25)32(29,30)24-13-6-3-7-14-24/h4-5,8-11,16-17H,3,6-7,12-15H2,1-2H3. The minimum atomic E-state index is -3.63. The number of fused-ring (bicyclic) bond motifs is 1. The molecule has 0 unspecified atom stereocenters. The maximum atomic E-state index is 13.4. The van der Waals surface area contributed by atoms with Crippen molar-refractivity contribution < 1.29 is 21.6 Å². The fourth-order valence-electron chi connectivity index (χ4n) is 4.29. The minimum absolute atomic E-state index is 0.0257. The van der Waals surface area contributed by atoms with Gasteiger partial charge in [-0.3, -0.25) is 4.79 Å². The molecule has 9 heteroatoms. The molecule has 2 heterocycles. The number of benzene rings is 2. The fraction of sp³-hybridized carbons (Fsp3) is 0.435. The number of rotatable bonds is 5. The van der Waals surface area contributed by atoms with Gasteiger partial charge in [0.2, 0.25) is 10.0 Å². The predicted octanol–water partition coefficient (Wildman–Crippen LogP) is 3.25. The van der Waals surface area contributed by atoms with Crippen LogP contribution in [0.15, 0.2) is 52.3 Å². The molecule has 0 atom stereocenters. The van der Waals surface area contributed by atoms with Gasteiger partial charge < -0.3 is 4.90 Å². The third kappa shape index (κ3) is 3.97. The highest BCUT2D eigenvalue weighted by atomic mass is 32.2. The Labute approximate surface area is 190 Å². The van der Waals surface area contributed by atoms with Crippen molar-refractivity contribution in [1.82, 2.24) is 4.31 Å². The Kier molecular flexibility index (Phi) is 6.17. The van der Waals surface area contributed by atoms with E-state index in [1.165, 1.54) is 16.4 Å². The summed E-state index contributed by atoms with van der Waals surface area (Å²) in [6.07, 6.45) is 3.29. The van der Waals surface area contributed by atoms with Crippen LogP contribution < -0.4 is 4.90 Å². The molecular weight excluding hydrogens is 448 g/mol. The number of hydrogen-bond acceptors (Lipinski definition) is 5. The van der Waals surface area contributed by atoms with E-state index in [4.69, 9.17) is 0 Å². The zero-order valence-corrected chi connectivity index (χ0v) is 20.0. The van der Waals surface area contributed by atoms with Crippen LogP contribution in [0.5, 0.6) is 0 Å². The van der Waals surface area contributed by atoms with Crippen LogP contribution in [0, 0.1) is 0 Å². The SMILES string of the molecule is CC(C)S(=O)(=O)c1ccccc1C(=O)N1CCc2cc(S(=O)(=O)N3CCCCC3)ccc21. The zero-order chi connectivity index (χ0) is 23.1. The number of piperidine rings is 1. The van der Waals surface area contributed by atoms with Crippen LogP contribution in [-0.2, 0) is 26.3 Å². The van der Waals surface area contributed by atoms with Gasteiger partial charge in [0, 0.05) is 25.3 Å². The van der Waals surface area contributed by atoms with Crippen LogP contribution in [0.4, 0.5) is 5.69 Å². The first kappa shape index (κ1) is 22.9. The highest BCUT2D eigenvalue weighted by Gasteiger charge is 2.33. The average molecular weight is 477 g/mol. The minimum Gasteiger partial charge on any atom is -0.308 e. The van der Waals surface area contributed by atoms with Crippen LogP contribution >= 0.6 is 0 Å². The van der Waals surface area contributed by atoms with Crippen LogP contribution in [0.25, 0.3) is 0 Å². The summed E-state index contributed by atoms with van der Waals surface area (Å²) in [5.41, 5.74) is 1.55. The lowest BCUT2D eigenvalue weighted by Crippen LogP contribution is -2.35. The lowest BCUT2D eigenvalue weighted by atomic mass is 10.1. The topological polar surface area (TPSA) is 91.8 Å². The van der Waals surface area contributed by atoms with Gasteiger partial charge in [0.1, 0.15) is 0 Å². The van der Waals surface area contributed by atoms with Crippen molar-refractivity contribution in [1.29, 1.82) is 0 Å². The van der Waals surface area contributed by atoms with E-state index in [2.05, 4.69) is 0 Å². The molecule has 0 aliphatic carbocycles. The summed E-state index contributed by atoms with van der Waals surface area (Å²) < 4.78 is 53.1. The summed E-state index contributed by atoms with van der Waals surface area (Å²) in [6.45, 7) is 4.62. The number of sulfone groups is 1. The Hall–Kier alpha value is -2.23. The summed E-state index contributed by atoms with van der Waals surface area (Å²) in [6, 6.07) is 11.1. The molecular formula is C23H28N2O5S2. The largest absolute Gasteiger partial charge is 0.308 e. The molecule has 7 nitrogen and oxygen atoms in total. The first-order chi connectivity index (χ1) is 15.1. The molecule has 2 aromatic carbocycles. The van der Waals surface area contributed by atoms with Crippen molar-refractivity contribution in [2.45, 2.75) is 54.6 Å². The Morgan fingerprint density at radius 1 is 0.906 bits per heavy atom. The lowest BCUT2D eigenvalue weighted by molar-refractivity contribution is 0.0986. The van der Waals surface area contributed by atoms with E-state index in [9.17, 15) is 21.6 Å². The number of carbonyl (C=O) groups is 1. The summed E-state index contributed by atoms with van der Waals surface area (Å²) in [5, 5.41) is -0.648. The second-order valence-corrected chi connectivity index (χ2v) is 13.0. The lowest BCUT2D eigenvalue weighted by Gasteiger charge is -2.26. The van der Waals surface area contributed by atoms with Gasteiger partial charge in [0.15, 0.2) is 9.84 Å². The van der Waals surface area contributed by atoms with Crippen molar-refractivity contribution in [3.63, 3.8) is 0 Å². The van der Waals surface area contributed by atoms with Crippen molar-refractivity contribution in [3.05, 3.63) is 53.6 Å². The van der Waals surface area contributed by atoms with Gasteiger partial charge in [0.25, 0.3) is 5.91 Å². The Bertz CT molecular complexity index is 1250. The molecule has 0 radical (unpaired) electrons. The predicted molar refractivity (Wildman–Crippen MR) is 123 cm³/mol. The number of nitrogens with zero attached hydrogens (tertiary/aromatic N) is 2. The average Bonchev–Trinajstić information content (AvgIpc) is 3.22. The molecule has 1 saturated heterocycles. The molecule has 0 bridgehead atoms. The molecule has 2 aliphatic heterocycles. The monoisotopic (exact) mass is 476 g/mol. The van der Waals surface area contributed by atoms with E-state index in [1.807, 2.05) is 0 Å². The number of hydrogen-bond donors (Lipinski definition) is 0. The summed E-state index contributed by atoms with van der Waals surface area (Å²) in [4.78, 5) is 15.2. The van der Waals surface area contributed by atoms with Crippen molar-refractivity contribution in [2.24, 2.45) is 0 Å². The van der Waals surface area contributed by atoms with Crippen LogP contribution in [0.3, 0.4) is 0 Å². The molecule has 32 heavy (non-hydrogen) atoms. The first-order valence-electron chi connectivity index (χ1n) is 10.9. The van der Waals surface area contributed by atoms with E-state index >= 15 is 0 Å². The van der Waals surface area contributed by atoms with E-state index in [0.29, 0.717) is 31.7 Å². The quantitative estimate of drug-likeness (QED) is 0.661. The van der Waals surface area contributed by atoms with E-state index in [0.717, 1.165) is 24.8 Å². The number of anilines is 1. The Balaban J connectivity index is 1.66. The maximum Gasteiger partial charge on any atom is 0.259 e. The van der Waals surface area contributed by atoms with Gasteiger partial charge in [-0.25, -0.2) is 16.8 Å². The molecule has 172 valence electrons. The molecule has 1 amide bonds. The summed E-state index contributed by atoms with van der Waals surface area (Å²) in [5.74, 6) is -0.393. The van der Waals surface area contributed by atoms with Crippen molar-refractivity contribution in [3.8, 4) is 0 Å². The Morgan fingerprint density at radius 3 is 2.28 bits per heavy atom. The van der Waals surface area contributed by atoms with Crippen molar-refractivity contribution >= 4 is 31.5 Å². The van der Waals surface area contributed by atoms with Gasteiger partial charge in [0.05, 0.1) is 20.6 Å². The highest BCUT2D eigenvalue weighted by Crippen LogP contribution is 2.34. The smallest absolute Gasteiger partial charge is 0.259 e. The van der Waals surface area contributed by atoms with E-state index in [-0.39, 0.29) is 15.4 Å². The van der Waals surface area contributed by atoms with E-state index < -0.39 is 31.0 Å². The molecule has 2 aromatic rings. The second-order valence-electron chi connectivity index (χ2n) is 8.55. The normalized spacial score (nSPS) is 17.5. The summed E-state index contributed by atoms with van der Waals surface area (Å²) >= 11 is 0. The fourth-order valence-corrected chi connectivity index (χ4v) is 7.10. The molecule has 0 saturated carbocycles. The van der Waals surface area contributed by atoms with Crippen LogP contribution in [0.1, 0.15) is 49.0 Å². The molecule has 1 fully saturated rings. The van der Waals surface area contributed by atoms with Gasteiger partial charge >= 0.3 is 0 Å². The van der Waals surface area contributed by atoms with Crippen LogP contribution in [0.2, 0.25) is 0 Å². The van der Waals surface area contributed by atoms with Gasteiger partial charge in [-0.05, 0) is 69.0 Å². The molecule has 4 rings (SSSR count). The molecule has 0 spiro atoms. The number of amides is 1. The second kappa shape index (κ2) is 8.61. The summed E-state index contributed by atoms with van der Waals surface area (Å²) in [7, 11) is -7.19. The number of carbonyl (C=O) groups excluding carboxylic acids is 1. The van der Waals surface area contributed by atoms with Gasteiger partial charge in [-0.2, -0.15) is 4.31 Å². The molecule has 0 N–H and O–H groups in total. The third-order valence-electron chi connectivity index (χ3n) is 6.19. The first-order valence-corrected chi connectivity index (χ1v) is 13.9. The van der Waals surface area contributed by atoms with Crippen molar-refractivity contribution in [2.75, 3.05) is 24.5 Å². The molecule has 0 aromatic heterocycles. The Morgan fingerprint density at radius 2 is 1.59 bits per heavy atom. The van der Waals surface area contributed by atoms with Crippen LogP contribution in [-0.4, -0.2) is 51.9 Å². The zero-order valence-electron chi connectivity index (χ0n) is 18.3. The van der Waals surface area contributed by atoms with Gasteiger partial charge in [-0.1, -0.05) is 18.6 Å². The van der Waals surface area contributed by atoms with Gasteiger partial charge in [-0.15, -0.1) is 0 Å².